The summed E-state index contributed by atoms with van der Waals surface area (Å²) in [4.78, 5) is 34.7. The van der Waals surface area contributed by atoms with E-state index in [2.05, 4.69) is 26.8 Å². The third-order valence-electron chi connectivity index (χ3n) is 7.25. The molecule has 5 atom stereocenters. The number of amides is 1. The van der Waals surface area contributed by atoms with Crippen LogP contribution in [0, 0.1) is 11.8 Å². The first-order chi connectivity index (χ1) is 20.9. The number of nitrogens with zero attached hydrogens (tertiary/aromatic N) is 3. The SMILES string of the molecule is CCCCC[C@H](O)CC[C@@H]1[C@@H](C/C=C\CCCC(=O)OCC/C=N/S(=O)(=O)c2nnc(NC(C)=O)s2)[C@@H](OC(C)=O)C[C@H]1O. The van der Waals surface area contributed by atoms with Gasteiger partial charge in [0.05, 0.1) is 18.8 Å². The zero-order valence-electron chi connectivity index (χ0n) is 25.7. The zero-order chi connectivity index (χ0) is 32.5. The number of rotatable bonds is 20. The molecule has 2 rings (SSSR count). The number of hydrogen-bond donors (Lipinski definition) is 3. The Balaban J connectivity index is 1.71. The summed E-state index contributed by atoms with van der Waals surface area (Å²) in [5, 5.41) is 30.5. The van der Waals surface area contributed by atoms with Gasteiger partial charge < -0.3 is 25.0 Å². The van der Waals surface area contributed by atoms with Gasteiger partial charge in [0.15, 0.2) is 0 Å². The molecule has 0 saturated heterocycles. The number of carbonyl (C=O) groups excluding carboxylic acids is 3. The predicted molar refractivity (Wildman–Crippen MR) is 166 cm³/mol. The molecule has 15 heteroatoms. The molecule has 0 aliphatic heterocycles. The summed E-state index contributed by atoms with van der Waals surface area (Å²) in [7, 11) is -4.07. The maximum atomic E-state index is 12.2. The number of nitrogens with one attached hydrogen (secondary N) is 1. The van der Waals surface area contributed by atoms with Crippen LogP contribution in [-0.2, 0) is 33.9 Å². The first kappa shape index (κ1) is 37.4. The van der Waals surface area contributed by atoms with Crippen LogP contribution >= 0.6 is 11.3 Å². The molecule has 0 bridgehead atoms. The van der Waals surface area contributed by atoms with Crippen molar-refractivity contribution in [2.24, 2.45) is 16.2 Å². The Morgan fingerprint density at radius 3 is 2.59 bits per heavy atom. The van der Waals surface area contributed by atoms with E-state index in [9.17, 15) is 33.0 Å². The number of sulfonamides is 1. The number of hydrogen-bond acceptors (Lipinski definition) is 12. The fourth-order valence-electron chi connectivity index (χ4n) is 5.13. The predicted octanol–water partition coefficient (Wildman–Crippen LogP) is 3.96. The van der Waals surface area contributed by atoms with Gasteiger partial charge in [-0.1, -0.05) is 49.7 Å². The topological polar surface area (TPSA) is 194 Å². The lowest BCUT2D eigenvalue weighted by Gasteiger charge is -2.25. The zero-order valence-corrected chi connectivity index (χ0v) is 27.4. The molecular formula is C29H46N4O9S2. The number of anilines is 1. The molecule has 0 radical (unpaired) electrons. The monoisotopic (exact) mass is 658 g/mol. The number of esters is 2. The normalized spacial score (nSPS) is 21.1. The number of ether oxygens (including phenoxy) is 2. The van der Waals surface area contributed by atoms with Crippen molar-refractivity contribution < 1.29 is 42.5 Å². The van der Waals surface area contributed by atoms with Crippen molar-refractivity contribution >= 4 is 50.6 Å². The summed E-state index contributed by atoms with van der Waals surface area (Å²) in [5.41, 5.74) is 0. The Bertz CT molecular complexity index is 1220. The van der Waals surface area contributed by atoms with Crippen molar-refractivity contribution in [1.29, 1.82) is 0 Å². The van der Waals surface area contributed by atoms with Crippen LogP contribution in [-0.4, -0.2) is 77.8 Å². The van der Waals surface area contributed by atoms with Gasteiger partial charge >= 0.3 is 22.0 Å². The maximum Gasteiger partial charge on any atom is 0.311 e. The van der Waals surface area contributed by atoms with Gasteiger partial charge in [0.25, 0.3) is 4.34 Å². The van der Waals surface area contributed by atoms with Crippen molar-refractivity contribution in [1.82, 2.24) is 10.2 Å². The molecule has 13 nitrogen and oxygen atoms in total. The minimum atomic E-state index is -4.07. The minimum Gasteiger partial charge on any atom is -0.465 e. The summed E-state index contributed by atoms with van der Waals surface area (Å²) in [6, 6.07) is 0. The molecule has 0 aromatic carbocycles. The summed E-state index contributed by atoms with van der Waals surface area (Å²) in [6.07, 6.45) is 11.4. The lowest BCUT2D eigenvalue weighted by Crippen LogP contribution is -2.26. The molecule has 1 heterocycles. The largest absolute Gasteiger partial charge is 0.465 e. The number of unbranched alkanes of at least 4 members (excludes halogenated alkanes) is 3. The highest BCUT2D eigenvalue weighted by molar-refractivity contribution is 7.92. The maximum absolute atomic E-state index is 12.2. The molecule has 3 N–H and O–H groups in total. The van der Waals surface area contributed by atoms with E-state index < -0.39 is 34.1 Å². The number of carbonyl (C=O) groups is 3. The molecule has 1 amide bonds. The van der Waals surface area contributed by atoms with Gasteiger partial charge in [-0.2, -0.15) is 12.8 Å². The highest BCUT2D eigenvalue weighted by Crippen LogP contribution is 2.40. The second kappa shape index (κ2) is 19.6. The first-order valence-corrected chi connectivity index (χ1v) is 17.4. The smallest absolute Gasteiger partial charge is 0.311 e. The van der Waals surface area contributed by atoms with Crippen LogP contribution in [0.4, 0.5) is 5.13 Å². The standard InChI is InChI=1S/C29H46N4O9S2/c1-4-5-8-12-22(36)15-16-23-24(26(19-25(23)37)42-21(3)35)13-9-6-7-10-14-27(38)41-18-11-17-30-44(39,40)29-33-32-28(43-29)31-20(2)34/h6,9,17,22-26,36-37H,4-5,7-8,10-16,18-19H2,1-3H3,(H,31,32,34)/b9-6-,30-17+/t22-,23+,24+,25+,26-/m0/s1. The van der Waals surface area contributed by atoms with E-state index in [1.807, 2.05) is 12.2 Å². The van der Waals surface area contributed by atoms with E-state index in [0.717, 1.165) is 31.9 Å². The summed E-state index contributed by atoms with van der Waals surface area (Å²) >= 11 is 0.680. The molecule has 1 fully saturated rings. The number of aromatic nitrogens is 2. The fraction of sp³-hybridized carbons (Fsp3) is 0.724. The van der Waals surface area contributed by atoms with Gasteiger partial charge in [-0.3, -0.25) is 14.4 Å². The van der Waals surface area contributed by atoms with Gasteiger partial charge in [-0.15, -0.1) is 10.2 Å². The van der Waals surface area contributed by atoms with E-state index in [0.29, 0.717) is 49.9 Å². The lowest BCUT2D eigenvalue weighted by atomic mass is 9.85. The van der Waals surface area contributed by atoms with Gasteiger partial charge in [0, 0.05) is 45.2 Å². The summed E-state index contributed by atoms with van der Waals surface area (Å²) in [5.74, 6) is -1.31. The Kier molecular flexibility index (Phi) is 16.7. The van der Waals surface area contributed by atoms with E-state index in [1.54, 1.807) is 0 Å². The number of allylic oxidation sites excluding steroid dienone is 2. The molecule has 1 saturated carbocycles. The van der Waals surface area contributed by atoms with Crippen LogP contribution in [0.2, 0.25) is 0 Å². The first-order valence-electron chi connectivity index (χ1n) is 15.2. The molecule has 1 aliphatic carbocycles. The van der Waals surface area contributed by atoms with Gasteiger partial charge in [0.2, 0.25) is 11.0 Å². The van der Waals surface area contributed by atoms with Gasteiger partial charge in [0.1, 0.15) is 6.10 Å². The van der Waals surface area contributed by atoms with Crippen LogP contribution < -0.4 is 5.32 Å². The second-order valence-electron chi connectivity index (χ2n) is 10.9. The van der Waals surface area contributed by atoms with Crippen molar-refractivity contribution in [2.45, 2.75) is 120 Å². The van der Waals surface area contributed by atoms with Crippen molar-refractivity contribution in [3.8, 4) is 0 Å². The van der Waals surface area contributed by atoms with Crippen molar-refractivity contribution in [3.63, 3.8) is 0 Å². The van der Waals surface area contributed by atoms with Crippen LogP contribution in [0.25, 0.3) is 0 Å². The Morgan fingerprint density at radius 1 is 1.11 bits per heavy atom. The second-order valence-corrected chi connectivity index (χ2v) is 13.7. The van der Waals surface area contributed by atoms with Crippen LogP contribution in [0.15, 0.2) is 20.9 Å². The Hall–Kier alpha value is -2.75. The van der Waals surface area contributed by atoms with Crippen LogP contribution in [0.3, 0.4) is 0 Å². The number of aliphatic hydroxyl groups is 2. The lowest BCUT2D eigenvalue weighted by molar-refractivity contribution is -0.148. The van der Waals surface area contributed by atoms with Crippen LogP contribution in [0.5, 0.6) is 0 Å². The van der Waals surface area contributed by atoms with Gasteiger partial charge in [-0.05, 0) is 44.4 Å². The molecular weight excluding hydrogens is 612 g/mol. The summed E-state index contributed by atoms with van der Waals surface area (Å²) in [6.45, 7) is 4.72. The molecule has 1 aliphatic rings. The molecule has 1 aromatic rings. The third-order valence-corrected chi connectivity index (χ3v) is 9.71. The van der Waals surface area contributed by atoms with Gasteiger partial charge in [-0.25, -0.2) is 0 Å². The molecule has 0 unspecified atom stereocenters. The summed E-state index contributed by atoms with van der Waals surface area (Å²) < 4.78 is 38.1. The van der Waals surface area contributed by atoms with Crippen molar-refractivity contribution in [3.05, 3.63) is 12.2 Å². The molecule has 1 aromatic heterocycles. The Labute approximate surface area is 263 Å². The van der Waals surface area contributed by atoms with Crippen LogP contribution in [0.1, 0.15) is 97.8 Å². The minimum absolute atomic E-state index is 0.0306. The highest BCUT2D eigenvalue weighted by atomic mass is 32.2. The van der Waals surface area contributed by atoms with E-state index in [4.69, 9.17) is 9.47 Å². The molecule has 44 heavy (non-hydrogen) atoms. The number of aliphatic hydroxyl groups excluding tert-OH is 2. The Morgan fingerprint density at radius 2 is 1.89 bits per heavy atom. The van der Waals surface area contributed by atoms with E-state index >= 15 is 0 Å². The van der Waals surface area contributed by atoms with Crippen molar-refractivity contribution in [2.75, 3.05) is 11.9 Å². The fourth-order valence-corrected chi connectivity index (χ4v) is 6.98. The quantitative estimate of drug-likeness (QED) is 0.0603. The average Bonchev–Trinajstić information content (AvgIpc) is 3.52. The van der Waals surface area contributed by atoms with E-state index in [-0.39, 0.29) is 52.8 Å². The third kappa shape index (κ3) is 13.9. The van der Waals surface area contributed by atoms with E-state index in [1.165, 1.54) is 13.8 Å². The molecule has 248 valence electrons. The average molecular weight is 659 g/mol. The highest BCUT2D eigenvalue weighted by Gasteiger charge is 2.43. The molecule has 0 spiro atoms.